The number of nitrogens with zero attached hydrogens (tertiary/aromatic N) is 4. The summed E-state index contributed by atoms with van der Waals surface area (Å²) in [4.78, 5) is 8.13. The van der Waals surface area contributed by atoms with Crippen molar-refractivity contribution in [3.63, 3.8) is 0 Å². The van der Waals surface area contributed by atoms with Crippen LogP contribution in [0.15, 0.2) is 30.5 Å². The minimum absolute atomic E-state index is 0.364. The van der Waals surface area contributed by atoms with Gasteiger partial charge in [-0.15, -0.1) is 0 Å². The van der Waals surface area contributed by atoms with E-state index in [9.17, 15) is 0 Å². The molecule has 0 aliphatic heterocycles. The number of aromatic nitrogens is 2. The molecule has 0 bridgehead atoms. The number of hydrogen-bond acceptors (Lipinski definition) is 5. The summed E-state index contributed by atoms with van der Waals surface area (Å²) in [5, 5.41) is 20.8. The first-order valence-electron chi connectivity index (χ1n) is 5.24. The topological polar surface area (TPSA) is 85.4 Å². The van der Waals surface area contributed by atoms with Crippen molar-refractivity contribution in [1.82, 2.24) is 9.97 Å². The zero-order valence-electron chi connectivity index (χ0n) is 9.68. The van der Waals surface area contributed by atoms with Crippen LogP contribution in [0.5, 0.6) is 0 Å². The van der Waals surface area contributed by atoms with Crippen LogP contribution in [0.25, 0.3) is 0 Å². The Morgan fingerprint density at radius 1 is 1.22 bits per heavy atom. The summed E-state index contributed by atoms with van der Waals surface area (Å²) in [6, 6.07) is 11.0. The fourth-order valence-electron chi connectivity index (χ4n) is 1.45. The molecular formula is C13H9N5. The van der Waals surface area contributed by atoms with Crippen LogP contribution < -0.4 is 5.32 Å². The molecule has 18 heavy (non-hydrogen) atoms. The molecule has 0 aliphatic carbocycles. The highest BCUT2D eigenvalue weighted by Gasteiger charge is 2.05. The lowest BCUT2D eigenvalue weighted by Gasteiger charge is -2.07. The van der Waals surface area contributed by atoms with E-state index >= 15 is 0 Å². The molecule has 0 saturated heterocycles. The van der Waals surface area contributed by atoms with Crippen molar-refractivity contribution in [3.8, 4) is 12.1 Å². The molecule has 0 unspecified atom stereocenters. The average Bonchev–Trinajstić information content (AvgIpc) is 2.39. The van der Waals surface area contributed by atoms with Gasteiger partial charge in [-0.1, -0.05) is 6.07 Å². The second-order valence-corrected chi connectivity index (χ2v) is 3.61. The molecule has 1 aromatic heterocycles. The summed E-state index contributed by atoms with van der Waals surface area (Å²) in [7, 11) is 0. The van der Waals surface area contributed by atoms with Gasteiger partial charge < -0.3 is 5.32 Å². The lowest BCUT2D eigenvalue weighted by Crippen LogP contribution is -2.00. The fourth-order valence-corrected chi connectivity index (χ4v) is 1.45. The molecule has 0 aliphatic rings. The number of nitrogens with one attached hydrogen (secondary N) is 1. The number of aryl methyl sites for hydroxylation is 1. The van der Waals surface area contributed by atoms with E-state index in [0.29, 0.717) is 28.5 Å². The maximum absolute atomic E-state index is 8.97. The number of hydrogen-bond donors (Lipinski definition) is 1. The molecular weight excluding hydrogens is 226 g/mol. The fraction of sp³-hybridized carbons (Fsp3) is 0.0769. The Bertz CT molecular complexity index is 664. The van der Waals surface area contributed by atoms with Gasteiger partial charge in [-0.3, -0.25) is 0 Å². The van der Waals surface area contributed by atoms with E-state index in [0.717, 1.165) is 0 Å². The summed E-state index contributed by atoms with van der Waals surface area (Å²) >= 11 is 0. The Morgan fingerprint density at radius 3 is 2.78 bits per heavy atom. The Kier molecular flexibility index (Phi) is 3.17. The van der Waals surface area contributed by atoms with E-state index < -0.39 is 0 Å². The van der Waals surface area contributed by atoms with Gasteiger partial charge in [0.2, 0.25) is 0 Å². The third kappa shape index (κ3) is 2.42. The molecule has 5 heteroatoms. The van der Waals surface area contributed by atoms with Gasteiger partial charge in [0.15, 0.2) is 5.82 Å². The summed E-state index contributed by atoms with van der Waals surface area (Å²) in [6.07, 6.45) is 1.47. The molecule has 0 radical (unpaired) electrons. The molecule has 1 N–H and O–H groups in total. The minimum Gasteiger partial charge on any atom is -0.339 e. The molecule has 1 heterocycles. The van der Waals surface area contributed by atoms with Crippen molar-refractivity contribution in [2.75, 3.05) is 5.32 Å². The van der Waals surface area contributed by atoms with Crippen molar-refractivity contribution < 1.29 is 0 Å². The van der Waals surface area contributed by atoms with Gasteiger partial charge in [0.05, 0.1) is 17.8 Å². The van der Waals surface area contributed by atoms with Crippen LogP contribution in [0.4, 0.5) is 11.5 Å². The van der Waals surface area contributed by atoms with Gasteiger partial charge in [-0.2, -0.15) is 10.5 Å². The van der Waals surface area contributed by atoms with Gasteiger partial charge in [-0.25, -0.2) is 9.97 Å². The number of anilines is 2. The quantitative estimate of drug-likeness (QED) is 0.862. The van der Waals surface area contributed by atoms with Crippen LogP contribution >= 0.6 is 0 Å². The molecule has 2 aromatic rings. The van der Waals surface area contributed by atoms with Crippen molar-refractivity contribution in [3.05, 3.63) is 47.4 Å². The average molecular weight is 235 g/mol. The summed E-state index contributed by atoms with van der Waals surface area (Å²) < 4.78 is 0. The maximum Gasteiger partial charge on any atom is 0.152 e. The van der Waals surface area contributed by atoms with Crippen LogP contribution in [-0.4, -0.2) is 9.97 Å². The van der Waals surface area contributed by atoms with Crippen molar-refractivity contribution in [1.29, 1.82) is 10.5 Å². The van der Waals surface area contributed by atoms with Gasteiger partial charge in [0.25, 0.3) is 0 Å². The lowest BCUT2D eigenvalue weighted by molar-refractivity contribution is 1.05. The van der Waals surface area contributed by atoms with Crippen LogP contribution in [0.2, 0.25) is 0 Å². The Hall–Kier alpha value is -2.92. The number of rotatable bonds is 2. The van der Waals surface area contributed by atoms with E-state index in [1.165, 1.54) is 6.20 Å². The van der Waals surface area contributed by atoms with Crippen LogP contribution in [0.3, 0.4) is 0 Å². The molecule has 2 rings (SSSR count). The summed E-state index contributed by atoms with van der Waals surface area (Å²) in [5.74, 6) is 1.02. The van der Waals surface area contributed by atoms with E-state index in [1.807, 2.05) is 6.07 Å². The third-order valence-electron chi connectivity index (χ3n) is 2.28. The molecule has 0 amide bonds. The smallest absolute Gasteiger partial charge is 0.152 e. The van der Waals surface area contributed by atoms with Crippen LogP contribution in [0, 0.1) is 29.6 Å². The zero-order valence-corrected chi connectivity index (χ0v) is 9.68. The van der Waals surface area contributed by atoms with E-state index in [1.54, 1.807) is 31.2 Å². The minimum atomic E-state index is 0.364. The van der Waals surface area contributed by atoms with Crippen molar-refractivity contribution in [2.24, 2.45) is 0 Å². The highest BCUT2D eigenvalue weighted by molar-refractivity contribution is 5.63. The summed E-state index contributed by atoms with van der Waals surface area (Å²) in [6.45, 7) is 1.75. The SMILES string of the molecule is Cc1ncc(C#N)c(Nc2cccc(C#N)c2)n1. The second-order valence-electron chi connectivity index (χ2n) is 3.61. The molecule has 0 fully saturated rings. The van der Waals surface area contributed by atoms with E-state index in [2.05, 4.69) is 21.4 Å². The predicted molar refractivity (Wildman–Crippen MR) is 65.9 cm³/mol. The van der Waals surface area contributed by atoms with Gasteiger partial charge in [0.1, 0.15) is 17.5 Å². The molecule has 86 valence electrons. The van der Waals surface area contributed by atoms with Gasteiger partial charge in [-0.05, 0) is 25.1 Å². The number of nitriles is 2. The second kappa shape index (κ2) is 4.94. The molecule has 0 spiro atoms. The predicted octanol–water partition coefficient (Wildman–Crippen LogP) is 2.27. The van der Waals surface area contributed by atoms with E-state index in [4.69, 9.17) is 10.5 Å². The maximum atomic E-state index is 8.97. The van der Waals surface area contributed by atoms with Gasteiger partial charge in [0, 0.05) is 5.69 Å². The monoisotopic (exact) mass is 235 g/mol. The first-order valence-corrected chi connectivity index (χ1v) is 5.24. The van der Waals surface area contributed by atoms with Crippen LogP contribution in [-0.2, 0) is 0 Å². The highest BCUT2D eigenvalue weighted by atomic mass is 15.0. The largest absolute Gasteiger partial charge is 0.339 e. The first-order chi connectivity index (χ1) is 8.72. The molecule has 0 saturated carbocycles. The normalized spacial score (nSPS) is 9.28. The Balaban J connectivity index is 2.37. The third-order valence-corrected chi connectivity index (χ3v) is 2.28. The molecule has 1 aromatic carbocycles. The summed E-state index contributed by atoms with van der Waals surface area (Å²) in [5.41, 5.74) is 1.62. The highest BCUT2D eigenvalue weighted by Crippen LogP contribution is 2.18. The molecule has 0 atom stereocenters. The van der Waals surface area contributed by atoms with Crippen molar-refractivity contribution in [2.45, 2.75) is 6.92 Å². The lowest BCUT2D eigenvalue weighted by atomic mass is 10.2. The number of benzene rings is 1. The standard InChI is InChI=1S/C13H9N5/c1-9-16-8-11(7-15)13(17-9)18-12-4-2-3-10(5-12)6-14/h2-5,8H,1H3,(H,16,17,18). The molecule has 5 nitrogen and oxygen atoms in total. The van der Waals surface area contributed by atoms with E-state index in [-0.39, 0.29) is 0 Å². The van der Waals surface area contributed by atoms with Crippen molar-refractivity contribution >= 4 is 11.5 Å². The van der Waals surface area contributed by atoms with Gasteiger partial charge >= 0.3 is 0 Å². The zero-order chi connectivity index (χ0) is 13.0. The first kappa shape index (κ1) is 11.6. The van der Waals surface area contributed by atoms with Crippen LogP contribution in [0.1, 0.15) is 17.0 Å². The Labute approximate surface area is 104 Å². The Morgan fingerprint density at radius 2 is 2.06 bits per heavy atom.